The van der Waals surface area contributed by atoms with Gasteiger partial charge in [-0.1, -0.05) is 24.6 Å². The second-order valence-corrected chi connectivity index (χ2v) is 6.45. The molecule has 2 heterocycles. The lowest BCUT2D eigenvalue weighted by molar-refractivity contribution is -0.127. The van der Waals surface area contributed by atoms with Crippen LogP contribution in [0.4, 0.5) is 0 Å². The first-order chi connectivity index (χ1) is 10.2. The minimum atomic E-state index is 0.260. The monoisotopic (exact) mass is 287 g/mol. The number of piperidine rings is 2. The molecule has 114 valence electrons. The summed E-state index contributed by atoms with van der Waals surface area (Å²) in [5, 5.41) is 0. The van der Waals surface area contributed by atoms with E-state index in [2.05, 4.69) is 11.9 Å². The molecule has 3 nitrogen and oxygen atoms in total. The third kappa shape index (κ3) is 3.46. The first kappa shape index (κ1) is 14.6. The Labute approximate surface area is 127 Å². The summed E-state index contributed by atoms with van der Waals surface area (Å²) in [6.07, 6.45) is 6.50. The zero-order chi connectivity index (χ0) is 14.7. The summed E-state index contributed by atoms with van der Waals surface area (Å²) in [5.74, 6) is 1.51. The van der Waals surface area contributed by atoms with Gasteiger partial charge in [0.1, 0.15) is 11.5 Å². The van der Waals surface area contributed by atoms with Gasteiger partial charge < -0.3 is 9.64 Å². The molecule has 0 aliphatic carbocycles. The van der Waals surface area contributed by atoms with Gasteiger partial charge in [-0.2, -0.15) is 0 Å². The number of ketones is 1. The van der Waals surface area contributed by atoms with Crippen molar-refractivity contribution in [3.63, 3.8) is 0 Å². The van der Waals surface area contributed by atoms with Crippen LogP contribution in [0.25, 0.3) is 0 Å². The van der Waals surface area contributed by atoms with Crippen LogP contribution in [0.2, 0.25) is 0 Å². The summed E-state index contributed by atoms with van der Waals surface area (Å²) in [6.45, 7) is 0.504. The average molecular weight is 287 g/mol. The molecule has 0 spiro atoms. The van der Waals surface area contributed by atoms with Gasteiger partial charge in [-0.15, -0.1) is 0 Å². The Morgan fingerprint density at radius 3 is 2.52 bits per heavy atom. The molecule has 2 aliphatic heterocycles. The molecule has 1 aromatic rings. The number of nitrogens with zero attached hydrogens (tertiary/aromatic N) is 1. The molecule has 2 bridgehead atoms. The van der Waals surface area contributed by atoms with Crippen molar-refractivity contribution in [2.45, 2.75) is 50.6 Å². The Hall–Kier alpha value is -1.35. The normalized spacial score (nSPS) is 29.1. The highest BCUT2D eigenvalue weighted by molar-refractivity contribution is 5.81. The predicted octanol–water partition coefficient (Wildman–Crippen LogP) is 3.29. The number of para-hydroxylation sites is 1. The number of hydrogen-bond acceptors (Lipinski definition) is 3. The summed E-state index contributed by atoms with van der Waals surface area (Å²) < 4.78 is 5.65. The Balaban J connectivity index is 1.47. The number of ether oxygens (including phenoxy) is 1. The standard InChI is InChI=1S/C18H25NO2/c1-19-15-6-5-7-16(19)13-14(12-15)18(20)10-11-21-17-8-3-2-4-9-17/h2-4,8-9,14-16H,5-7,10-13H2,1H3. The van der Waals surface area contributed by atoms with E-state index in [1.54, 1.807) is 0 Å². The van der Waals surface area contributed by atoms with Crippen LogP contribution in [0.3, 0.4) is 0 Å². The molecular weight excluding hydrogens is 262 g/mol. The summed E-state index contributed by atoms with van der Waals surface area (Å²) in [5.41, 5.74) is 0. The minimum Gasteiger partial charge on any atom is -0.493 e. The Morgan fingerprint density at radius 1 is 1.19 bits per heavy atom. The van der Waals surface area contributed by atoms with Crippen molar-refractivity contribution in [1.82, 2.24) is 4.90 Å². The molecular formula is C18H25NO2. The number of carbonyl (C=O) groups is 1. The fraction of sp³-hybridized carbons (Fsp3) is 0.611. The second kappa shape index (κ2) is 6.61. The summed E-state index contributed by atoms with van der Waals surface area (Å²) in [4.78, 5) is 14.9. The molecule has 0 amide bonds. The maximum atomic E-state index is 12.4. The molecule has 2 saturated heterocycles. The van der Waals surface area contributed by atoms with E-state index in [4.69, 9.17) is 4.74 Å². The highest BCUT2D eigenvalue weighted by Crippen LogP contribution is 2.36. The van der Waals surface area contributed by atoms with Crippen LogP contribution in [-0.2, 0) is 4.79 Å². The van der Waals surface area contributed by atoms with Crippen LogP contribution >= 0.6 is 0 Å². The van der Waals surface area contributed by atoms with Crippen molar-refractivity contribution in [1.29, 1.82) is 0 Å². The Morgan fingerprint density at radius 2 is 1.86 bits per heavy atom. The largest absolute Gasteiger partial charge is 0.493 e. The Bertz CT molecular complexity index is 459. The molecule has 3 rings (SSSR count). The SMILES string of the molecule is CN1C2CCCC1CC(C(=O)CCOc1ccccc1)C2. The molecule has 2 unspecified atom stereocenters. The number of hydrogen-bond donors (Lipinski definition) is 0. The van der Waals surface area contributed by atoms with E-state index in [9.17, 15) is 4.79 Å². The van der Waals surface area contributed by atoms with Gasteiger partial charge in [0.2, 0.25) is 0 Å². The number of fused-ring (bicyclic) bond motifs is 2. The van der Waals surface area contributed by atoms with Gasteiger partial charge in [-0.25, -0.2) is 0 Å². The highest BCUT2D eigenvalue weighted by atomic mass is 16.5. The molecule has 2 atom stereocenters. The Kier molecular flexibility index (Phi) is 4.59. The smallest absolute Gasteiger partial charge is 0.139 e. The lowest BCUT2D eigenvalue weighted by Crippen LogP contribution is -2.51. The van der Waals surface area contributed by atoms with E-state index in [1.165, 1.54) is 19.3 Å². The van der Waals surface area contributed by atoms with Crippen molar-refractivity contribution >= 4 is 5.78 Å². The number of rotatable bonds is 5. The first-order valence-corrected chi connectivity index (χ1v) is 8.16. The molecule has 2 aliphatic rings. The van der Waals surface area contributed by atoms with Gasteiger partial charge in [-0.3, -0.25) is 4.79 Å². The third-order valence-corrected chi connectivity index (χ3v) is 5.16. The van der Waals surface area contributed by atoms with Crippen LogP contribution in [0.15, 0.2) is 30.3 Å². The predicted molar refractivity (Wildman–Crippen MR) is 83.5 cm³/mol. The van der Waals surface area contributed by atoms with Gasteiger partial charge in [0.15, 0.2) is 0 Å². The quantitative estimate of drug-likeness (QED) is 0.832. The number of Topliss-reactive ketones (excluding diaryl/α,β-unsaturated/α-hetero) is 1. The van der Waals surface area contributed by atoms with E-state index >= 15 is 0 Å². The number of benzene rings is 1. The van der Waals surface area contributed by atoms with Crippen LogP contribution in [0, 0.1) is 5.92 Å². The number of carbonyl (C=O) groups excluding carboxylic acids is 1. The molecule has 1 aromatic carbocycles. The van der Waals surface area contributed by atoms with E-state index in [0.29, 0.717) is 30.9 Å². The van der Waals surface area contributed by atoms with E-state index in [1.807, 2.05) is 30.3 Å². The zero-order valence-electron chi connectivity index (χ0n) is 12.8. The van der Waals surface area contributed by atoms with Crippen LogP contribution in [0.1, 0.15) is 38.5 Å². The molecule has 0 radical (unpaired) electrons. The van der Waals surface area contributed by atoms with Gasteiger partial charge in [0, 0.05) is 24.4 Å². The fourth-order valence-electron chi connectivity index (χ4n) is 3.87. The summed E-state index contributed by atoms with van der Waals surface area (Å²) >= 11 is 0. The molecule has 0 aromatic heterocycles. The maximum Gasteiger partial charge on any atom is 0.139 e. The fourth-order valence-corrected chi connectivity index (χ4v) is 3.87. The first-order valence-electron chi connectivity index (χ1n) is 8.16. The van der Waals surface area contributed by atoms with Crippen LogP contribution < -0.4 is 4.74 Å². The molecule has 0 saturated carbocycles. The molecule has 3 heteroatoms. The van der Waals surface area contributed by atoms with E-state index < -0.39 is 0 Å². The summed E-state index contributed by atoms with van der Waals surface area (Å²) in [6, 6.07) is 11.0. The molecule has 2 fully saturated rings. The molecule has 0 N–H and O–H groups in total. The second-order valence-electron chi connectivity index (χ2n) is 6.45. The lowest BCUT2D eigenvalue weighted by Gasteiger charge is -2.46. The van der Waals surface area contributed by atoms with Gasteiger partial charge in [-0.05, 0) is 44.9 Å². The summed E-state index contributed by atoms with van der Waals surface area (Å²) in [7, 11) is 2.23. The van der Waals surface area contributed by atoms with Crippen molar-refractivity contribution in [3.8, 4) is 5.75 Å². The van der Waals surface area contributed by atoms with Crippen molar-refractivity contribution < 1.29 is 9.53 Å². The lowest BCUT2D eigenvalue weighted by atomic mass is 9.76. The van der Waals surface area contributed by atoms with Crippen molar-refractivity contribution in [3.05, 3.63) is 30.3 Å². The highest BCUT2D eigenvalue weighted by Gasteiger charge is 2.38. The minimum absolute atomic E-state index is 0.260. The van der Waals surface area contributed by atoms with Gasteiger partial charge in [0.05, 0.1) is 6.61 Å². The van der Waals surface area contributed by atoms with Crippen LogP contribution in [-0.4, -0.2) is 36.4 Å². The third-order valence-electron chi connectivity index (χ3n) is 5.16. The van der Waals surface area contributed by atoms with Gasteiger partial charge >= 0.3 is 0 Å². The van der Waals surface area contributed by atoms with E-state index in [0.717, 1.165) is 18.6 Å². The zero-order valence-corrected chi connectivity index (χ0v) is 12.8. The topological polar surface area (TPSA) is 29.5 Å². The van der Waals surface area contributed by atoms with Crippen molar-refractivity contribution in [2.24, 2.45) is 5.92 Å². The van der Waals surface area contributed by atoms with Gasteiger partial charge in [0.25, 0.3) is 0 Å². The molecule has 21 heavy (non-hydrogen) atoms. The van der Waals surface area contributed by atoms with Crippen LogP contribution in [0.5, 0.6) is 5.75 Å². The average Bonchev–Trinajstić information content (AvgIpc) is 2.48. The van der Waals surface area contributed by atoms with Crippen molar-refractivity contribution in [2.75, 3.05) is 13.7 Å². The van der Waals surface area contributed by atoms with E-state index in [-0.39, 0.29) is 5.92 Å². The maximum absolute atomic E-state index is 12.4.